The summed E-state index contributed by atoms with van der Waals surface area (Å²) in [5.41, 5.74) is 1.82. The molecule has 0 N–H and O–H groups in total. The molecule has 0 aliphatic heterocycles. The van der Waals surface area contributed by atoms with Gasteiger partial charge in [-0.25, -0.2) is 0 Å². The summed E-state index contributed by atoms with van der Waals surface area (Å²) in [6, 6.07) is 0. The summed E-state index contributed by atoms with van der Waals surface area (Å²) in [6.07, 6.45) is 3.66. The lowest BCUT2D eigenvalue weighted by Crippen LogP contribution is -2.06. The molecule has 0 aromatic rings. The van der Waals surface area contributed by atoms with Crippen molar-refractivity contribution in [1.29, 1.82) is 0 Å². The first-order chi connectivity index (χ1) is 5.31. The van der Waals surface area contributed by atoms with Gasteiger partial charge in [-0.15, -0.1) is 0 Å². The fourth-order valence-electron chi connectivity index (χ4n) is 1.33. The Balaban J connectivity index is 3.61. The molecule has 0 unspecified atom stereocenters. The topological polar surface area (TPSA) is 0 Å². The average molecular weight is 168 g/mol. The molecule has 0 spiro atoms. The fourth-order valence-corrected chi connectivity index (χ4v) is 1.33. The van der Waals surface area contributed by atoms with Crippen molar-refractivity contribution in [3.8, 4) is 0 Å². The molecule has 12 heavy (non-hydrogen) atoms. The van der Waals surface area contributed by atoms with Crippen molar-refractivity contribution in [1.82, 2.24) is 0 Å². The standard InChI is InChI=1S/C12H24/c1-10(2)7-8-11(3)9-12(4,5)6/h10H,3,7-9H2,1-2,4-6H3. The molecule has 0 rings (SSSR count). The van der Waals surface area contributed by atoms with Crippen molar-refractivity contribution in [3.63, 3.8) is 0 Å². The van der Waals surface area contributed by atoms with Crippen molar-refractivity contribution in [3.05, 3.63) is 12.2 Å². The van der Waals surface area contributed by atoms with Crippen LogP contribution in [0, 0.1) is 11.3 Å². The first kappa shape index (κ1) is 11.7. The van der Waals surface area contributed by atoms with Crippen LogP contribution in [-0.2, 0) is 0 Å². The van der Waals surface area contributed by atoms with E-state index in [4.69, 9.17) is 0 Å². The van der Waals surface area contributed by atoms with Gasteiger partial charge in [-0.2, -0.15) is 0 Å². The van der Waals surface area contributed by atoms with E-state index in [1.807, 2.05) is 0 Å². The van der Waals surface area contributed by atoms with E-state index in [1.54, 1.807) is 0 Å². The van der Waals surface area contributed by atoms with Gasteiger partial charge < -0.3 is 0 Å². The van der Waals surface area contributed by atoms with Crippen LogP contribution in [0.1, 0.15) is 53.9 Å². The van der Waals surface area contributed by atoms with Crippen LogP contribution < -0.4 is 0 Å². The lowest BCUT2D eigenvalue weighted by atomic mass is 9.86. The first-order valence-corrected chi connectivity index (χ1v) is 4.98. The maximum atomic E-state index is 4.11. The van der Waals surface area contributed by atoms with Crippen molar-refractivity contribution in [2.45, 2.75) is 53.9 Å². The highest BCUT2D eigenvalue weighted by atomic mass is 14.2. The molecule has 0 aliphatic rings. The summed E-state index contributed by atoms with van der Waals surface area (Å²) in [5.74, 6) is 0.807. The summed E-state index contributed by atoms with van der Waals surface area (Å²) in [6.45, 7) is 15.5. The lowest BCUT2D eigenvalue weighted by Gasteiger charge is -2.20. The number of rotatable bonds is 4. The Kier molecular flexibility index (Phi) is 4.59. The van der Waals surface area contributed by atoms with Gasteiger partial charge in [-0.05, 0) is 30.6 Å². The molecule has 0 nitrogen and oxygen atoms in total. The zero-order valence-electron chi connectivity index (χ0n) is 9.41. The highest BCUT2D eigenvalue weighted by Gasteiger charge is 2.11. The highest BCUT2D eigenvalue weighted by Crippen LogP contribution is 2.26. The summed E-state index contributed by atoms with van der Waals surface area (Å²) in [5, 5.41) is 0. The van der Waals surface area contributed by atoms with Crippen molar-refractivity contribution < 1.29 is 0 Å². The van der Waals surface area contributed by atoms with Crippen molar-refractivity contribution in [2.24, 2.45) is 11.3 Å². The van der Waals surface area contributed by atoms with Crippen LogP contribution in [0.25, 0.3) is 0 Å². The molecule has 0 aliphatic carbocycles. The van der Waals surface area contributed by atoms with Crippen LogP contribution in [0.2, 0.25) is 0 Å². The molecule has 0 aromatic heterocycles. The van der Waals surface area contributed by atoms with E-state index in [0.29, 0.717) is 5.41 Å². The van der Waals surface area contributed by atoms with Gasteiger partial charge in [0.2, 0.25) is 0 Å². The van der Waals surface area contributed by atoms with Gasteiger partial charge in [-0.1, -0.05) is 46.8 Å². The number of allylic oxidation sites excluding steroid dienone is 1. The zero-order valence-corrected chi connectivity index (χ0v) is 9.41. The van der Waals surface area contributed by atoms with Crippen LogP contribution in [0.15, 0.2) is 12.2 Å². The monoisotopic (exact) mass is 168 g/mol. The molecular weight excluding hydrogens is 144 g/mol. The highest BCUT2D eigenvalue weighted by molar-refractivity contribution is 4.97. The normalized spacial score (nSPS) is 12.2. The predicted octanol–water partition coefficient (Wildman–Crippen LogP) is 4.42. The van der Waals surface area contributed by atoms with Gasteiger partial charge >= 0.3 is 0 Å². The smallest absolute Gasteiger partial charge is 0.0274 e. The second-order valence-electron chi connectivity index (χ2n) is 5.42. The van der Waals surface area contributed by atoms with Gasteiger partial charge in [0, 0.05) is 0 Å². The van der Waals surface area contributed by atoms with E-state index in [-0.39, 0.29) is 0 Å². The SMILES string of the molecule is C=C(CCC(C)C)CC(C)(C)C. The van der Waals surface area contributed by atoms with Crippen LogP contribution >= 0.6 is 0 Å². The zero-order chi connectivity index (χ0) is 9.78. The van der Waals surface area contributed by atoms with Gasteiger partial charge in [0.25, 0.3) is 0 Å². The second kappa shape index (κ2) is 4.69. The Morgan fingerprint density at radius 2 is 1.75 bits per heavy atom. The molecule has 0 fully saturated rings. The Morgan fingerprint density at radius 1 is 1.25 bits per heavy atom. The molecular formula is C12H24. The Labute approximate surface area is 78.1 Å². The Morgan fingerprint density at radius 3 is 2.08 bits per heavy atom. The van der Waals surface area contributed by atoms with Crippen LogP contribution in [0.3, 0.4) is 0 Å². The van der Waals surface area contributed by atoms with E-state index in [2.05, 4.69) is 41.2 Å². The molecule has 0 aromatic carbocycles. The fraction of sp³-hybridized carbons (Fsp3) is 0.833. The van der Waals surface area contributed by atoms with Gasteiger partial charge in [-0.3, -0.25) is 0 Å². The molecule has 0 bridgehead atoms. The second-order valence-corrected chi connectivity index (χ2v) is 5.42. The quantitative estimate of drug-likeness (QED) is 0.545. The molecule has 0 heterocycles. The lowest BCUT2D eigenvalue weighted by molar-refractivity contribution is 0.400. The average Bonchev–Trinajstić information content (AvgIpc) is 1.79. The minimum absolute atomic E-state index is 0.411. The van der Waals surface area contributed by atoms with Gasteiger partial charge in [0.15, 0.2) is 0 Å². The number of hydrogen-bond acceptors (Lipinski definition) is 0. The molecule has 0 amide bonds. The van der Waals surface area contributed by atoms with E-state index in [1.165, 1.54) is 24.8 Å². The first-order valence-electron chi connectivity index (χ1n) is 4.98. The molecule has 0 saturated carbocycles. The van der Waals surface area contributed by atoms with Gasteiger partial charge in [0.1, 0.15) is 0 Å². The van der Waals surface area contributed by atoms with E-state index in [9.17, 15) is 0 Å². The van der Waals surface area contributed by atoms with Gasteiger partial charge in [0.05, 0.1) is 0 Å². The van der Waals surface area contributed by atoms with Crippen molar-refractivity contribution in [2.75, 3.05) is 0 Å². The Bertz CT molecular complexity index is 135. The largest absolute Gasteiger partial charge is 0.0998 e. The molecule has 0 saturated heterocycles. The predicted molar refractivity (Wildman–Crippen MR) is 57.3 cm³/mol. The van der Waals surface area contributed by atoms with Crippen LogP contribution in [0.4, 0.5) is 0 Å². The van der Waals surface area contributed by atoms with E-state index < -0.39 is 0 Å². The maximum absolute atomic E-state index is 4.11. The summed E-state index contributed by atoms with van der Waals surface area (Å²) >= 11 is 0. The minimum Gasteiger partial charge on any atom is -0.0998 e. The summed E-state index contributed by atoms with van der Waals surface area (Å²) in [7, 11) is 0. The van der Waals surface area contributed by atoms with Crippen molar-refractivity contribution >= 4 is 0 Å². The van der Waals surface area contributed by atoms with Crippen LogP contribution in [-0.4, -0.2) is 0 Å². The molecule has 0 radical (unpaired) electrons. The summed E-state index contributed by atoms with van der Waals surface area (Å²) < 4.78 is 0. The van der Waals surface area contributed by atoms with E-state index >= 15 is 0 Å². The third-order valence-electron chi connectivity index (χ3n) is 1.86. The summed E-state index contributed by atoms with van der Waals surface area (Å²) in [4.78, 5) is 0. The molecule has 0 atom stereocenters. The molecule has 72 valence electrons. The molecule has 0 heteroatoms. The van der Waals surface area contributed by atoms with E-state index in [0.717, 1.165) is 5.92 Å². The third-order valence-corrected chi connectivity index (χ3v) is 1.86. The van der Waals surface area contributed by atoms with Crippen LogP contribution in [0.5, 0.6) is 0 Å². The number of hydrogen-bond donors (Lipinski definition) is 0. The minimum atomic E-state index is 0.411. The maximum Gasteiger partial charge on any atom is -0.0274 e. The third kappa shape index (κ3) is 7.84. The Hall–Kier alpha value is -0.260.